The number of aliphatic carboxylic acids is 1. The molecule has 0 spiro atoms. The molecule has 3 aromatic carbocycles. The zero-order valence-corrected chi connectivity index (χ0v) is 17.3. The average Bonchev–Trinajstić information content (AvgIpc) is 2.78. The molecule has 0 saturated carbocycles. The maximum absolute atomic E-state index is 12.7. The summed E-state index contributed by atoms with van der Waals surface area (Å²) in [5, 5.41) is 12.1. The Labute approximate surface area is 179 Å². The van der Waals surface area contributed by atoms with Crippen molar-refractivity contribution in [1.29, 1.82) is 0 Å². The van der Waals surface area contributed by atoms with Crippen LogP contribution >= 0.6 is 0 Å². The van der Waals surface area contributed by atoms with Crippen molar-refractivity contribution in [3.05, 3.63) is 90.0 Å². The van der Waals surface area contributed by atoms with E-state index in [1.54, 1.807) is 42.5 Å². The Morgan fingerprint density at radius 3 is 2.06 bits per heavy atom. The lowest BCUT2D eigenvalue weighted by molar-refractivity contribution is -0.139. The molecule has 0 aliphatic heterocycles. The number of carboxylic acid groups (broad SMARTS) is 1. The Kier molecular flexibility index (Phi) is 6.68. The number of sulfonamides is 1. The van der Waals surface area contributed by atoms with Gasteiger partial charge in [0, 0.05) is 11.3 Å². The number of anilines is 1. The smallest absolute Gasteiger partial charge is 0.326 e. The highest BCUT2D eigenvalue weighted by molar-refractivity contribution is 7.89. The third-order valence-corrected chi connectivity index (χ3v) is 5.87. The molecule has 0 aliphatic carbocycles. The first-order valence-corrected chi connectivity index (χ1v) is 10.6. The van der Waals surface area contributed by atoms with Crippen molar-refractivity contribution in [3.63, 3.8) is 0 Å². The number of carbonyl (C=O) groups is 2. The van der Waals surface area contributed by atoms with Crippen molar-refractivity contribution < 1.29 is 27.9 Å². The molecule has 0 radical (unpaired) electrons. The fraction of sp³-hybridized carbons (Fsp3) is 0.0909. The number of methoxy groups -OCH3 is 1. The van der Waals surface area contributed by atoms with Gasteiger partial charge in [-0.1, -0.05) is 30.3 Å². The summed E-state index contributed by atoms with van der Waals surface area (Å²) >= 11 is 0. The highest BCUT2D eigenvalue weighted by Crippen LogP contribution is 2.20. The first-order chi connectivity index (χ1) is 14.8. The van der Waals surface area contributed by atoms with E-state index in [0.29, 0.717) is 22.6 Å². The normalized spacial score (nSPS) is 12.0. The molecule has 8 nitrogen and oxygen atoms in total. The van der Waals surface area contributed by atoms with E-state index in [9.17, 15) is 23.1 Å². The van der Waals surface area contributed by atoms with E-state index in [2.05, 4.69) is 10.0 Å². The molecule has 0 unspecified atom stereocenters. The van der Waals surface area contributed by atoms with Crippen LogP contribution in [0.1, 0.15) is 22.0 Å². The van der Waals surface area contributed by atoms with Gasteiger partial charge in [0.05, 0.1) is 12.0 Å². The summed E-state index contributed by atoms with van der Waals surface area (Å²) < 4.78 is 32.6. The molecule has 1 atom stereocenters. The van der Waals surface area contributed by atoms with Crippen molar-refractivity contribution in [2.24, 2.45) is 0 Å². The number of carboxylic acids is 1. The molecule has 0 saturated heterocycles. The van der Waals surface area contributed by atoms with E-state index in [1.807, 2.05) is 0 Å². The van der Waals surface area contributed by atoms with Crippen molar-refractivity contribution >= 4 is 27.6 Å². The van der Waals surface area contributed by atoms with Crippen LogP contribution < -0.4 is 14.8 Å². The quantitative estimate of drug-likeness (QED) is 0.495. The van der Waals surface area contributed by atoms with Crippen molar-refractivity contribution in [3.8, 4) is 5.75 Å². The zero-order valence-electron chi connectivity index (χ0n) is 16.5. The van der Waals surface area contributed by atoms with Gasteiger partial charge in [-0.25, -0.2) is 8.42 Å². The zero-order chi connectivity index (χ0) is 22.4. The Balaban J connectivity index is 1.73. The third kappa shape index (κ3) is 5.47. The highest BCUT2D eigenvalue weighted by Gasteiger charge is 2.26. The van der Waals surface area contributed by atoms with Crippen LogP contribution in [-0.4, -0.2) is 32.5 Å². The molecule has 0 fully saturated rings. The minimum absolute atomic E-state index is 0.128. The van der Waals surface area contributed by atoms with Crippen LogP contribution in [-0.2, 0) is 14.8 Å². The van der Waals surface area contributed by atoms with Gasteiger partial charge in [0.1, 0.15) is 11.8 Å². The number of hydrogen-bond donors (Lipinski definition) is 3. The molecule has 1 amide bonds. The summed E-state index contributed by atoms with van der Waals surface area (Å²) in [6.07, 6.45) is 0. The first-order valence-electron chi connectivity index (χ1n) is 9.16. The monoisotopic (exact) mass is 440 g/mol. The van der Waals surface area contributed by atoms with Gasteiger partial charge in [-0.05, 0) is 54.1 Å². The van der Waals surface area contributed by atoms with E-state index < -0.39 is 22.0 Å². The van der Waals surface area contributed by atoms with Gasteiger partial charge in [-0.3, -0.25) is 9.59 Å². The lowest BCUT2D eigenvalue weighted by Crippen LogP contribution is -2.33. The van der Waals surface area contributed by atoms with E-state index in [4.69, 9.17) is 4.74 Å². The van der Waals surface area contributed by atoms with Crippen LogP contribution in [0.25, 0.3) is 0 Å². The molecule has 0 bridgehead atoms. The predicted octanol–water partition coefficient (Wildman–Crippen LogP) is 3.05. The minimum atomic E-state index is -4.12. The molecule has 0 aromatic heterocycles. The Morgan fingerprint density at radius 1 is 0.903 bits per heavy atom. The van der Waals surface area contributed by atoms with E-state index in [1.165, 1.54) is 43.5 Å². The Hall–Kier alpha value is -3.69. The molecule has 0 heterocycles. The van der Waals surface area contributed by atoms with Gasteiger partial charge in [0.2, 0.25) is 10.0 Å². The molecule has 3 N–H and O–H groups in total. The lowest BCUT2D eigenvalue weighted by atomic mass is 10.1. The maximum Gasteiger partial charge on any atom is 0.326 e. The molecular weight excluding hydrogens is 420 g/mol. The molecule has 9 heteroatoms. The Bertz CT molecular complexity index is 1160. The summed E-state index contributed by atoms with van der Waals surface area (Å²) in [6, 6.07) is 18.5. The number of rotatable bonds is 8. The molecule has 160 valence electrons. The van der Waals surface area contributed by atoms with E-state index in [0.717, 1.165) is 0 Å². The van der Waals surface area contributed by atoms with Crippen LogP contribution in [0.3, 0.4) is 0 Å². The maximum atomic E-state index is 12.7. The summed E-state index contributed by atoms with van der Waals surface area (Å²) in [6.45, 7) is 0. The van der Waals surface area contributed by atoms with Crippen LogP contribution in [0.2, 0.25) is 0 Å². The number of nitrogens with one attached hydrogen (secondary N) is 2. The van der Waals surface area contributed by atoms with E-state index >= 15 is 0 Å². The van der Waals surface area contributed by atoms with Crippen LogP contribution in [0, 0.1) is 0 Å². The summed E-state index contributed by atoms with van der Waals surface area (Å²) in [5.41, 5.74) is 1.10. The van der Waals surface area contributed by atoms with Gasteiger partial charge >= 0.3 is 5.97 Å². The minimum Gasteiger partial charge on any atom is -0.497 e. The second-order valence-corrected chi connectivity index (χ2v) is 8.22. The van der Waals surface area contributed by atoms with Gasteiger partial charge in [-0.2, -0.15) is 4.72 Å². The topological polar surface area (TPSA) is 122 Å². The van der Waals surface area contributed by atoms with Crippen molar-refractivity contribution in [2.75, 3.05) is 12.4 Å². The SMILES string of the molecule is COc1ccc(C(=O)Nc2ccc(S(=O)(=O)N[C@@H](C(=O)O)c3ccccc3)cc2)cc1. The largest absolute Gasteiger partial charge is 0.497 e. The fourth-order valence-electron chi connectivity index (χ4n) is 2.79. The second kappa shape index (κ2) is 9.41. The van der Waals surface area contributed by atoms with E-state index in [-0.39, 0.29) is 10.8 Å². The standard InChI is InChI=1S/C22H20N2O6S/c1-30-18-11-7-16(8-12-18)21(25)23-17-9-13-19(14-10-17)31(28,29)24-20(22(26)27)15-5-3-2-4-6-15/h2-14,20,24H,1H3,(H,23,25)(H,26,27)/t20-/m1/s1. The Morgan fingerprint density at radius 2 is 1.52 bits per heavy atom. The number of benzene rings is 3. The van der Waals surface area contributed by atoms with Crippen LogP contribution in [0.4, 0.5) is 5.69 Å². The average molecular weight is 440 g/mol. The summed E-state index contributed by atoms with van der Waals surface area (Å²) in [4.78, 5) is 23.8. The predicted molar refractivity (Wildman–Crippen MR) is 115 cm³/mol. The lowest BCUT2D eigenvalue weighted by Gasteiger charge is -2.15. The number of ether oxygens (including phenoxy) is 1. The first kappa shape index (κ1) is 22.0. The number of hydrogen-bond acceptors (Lipinski definition) is 5. The van der Waals surface area contributed by atoms with Crippen LogP contribution in [0.15, 0.2) is 83.8 Å². The third-order valence-electron chi connectivity index (χ3n) is 4.43. The molecule has 3 aromatic rings. The van der Waals surface area contributed by atoms with Gasteiger partial charge in [0.25, 0.3) is 5.91 Å². The molecule has 31 heavy (non-hydrogen) atoms. The number of amides is 1. The van der Waals surface area contributed by atoms with Gasteiger partial charge in [-0.15, -0.1) is 0 Å². The fourth-order valence-corrected chi connectivity index (χ4v) is 3.97. The highest BCUT2D eigenvalue weighted by atomic mass is 32.2. The summed E-state index contributed by atoms with van der Waals surface area (Å²) in [7, 11) is -2.59. The molecular formula is C22H20N2O6S. The van der Waals surface area contributed by atoms with Crippen molar-refractivity contribution in [2.45, 2.75) is 10.9 Å². The second-order valence-electron chi connectivity index (χ2n) is 6.51. The van der Waals surface area contributed by atoms with Crippen LogP contribution in [0.5, 0.6) is 5.75 Å². The van der Waals surface area contributed by atoms with Gasteiger partial charge in [0.15, 0.2) is 0 Å². The van der Waals surface area contributed by atoms with Gasteiger partial charge < -0.3 is 15.2 Å². The molecule has 3 rings (SSSR count). The molecule has 0 aliphatic rings. The number of carbonyl (C=O) groups excluding carboxylic acids is 1. The summed E-state index contributed by atoms with van der Waals surface area (Å²) in [5.74, 6) is -1.07. The van der Waals surface area contributed by atoms with Crippen molar-refractivity contribution in [1.82, 2.24) is 4.72 Å².